The Morgan fingerprint density at radius 1 is 1.43 bits per heavy atom. The number of hydrogen-bond acceptors (Lipinski definition) is 5. The van der Waals surface area contributed by atoms with E-state index in [1.165, 1.54) is 11.3 Å². The van der Waals surface area contributed by atoms with E-state index in [-0.39, 0.29) is 11.7 Å². The summed E-state index contributed by atoms with van der Waals surface area (Å²) in [4.78, 5) is 13.0. The fourth-order valence-corrected chi connectivity index (χ4v) is 4.93. The Labute approximate surface area is 128 Å². The van der Waals surface area contributed by atoms with E-state index >= 15 is 0 Å². The number of amides is 1. The molecule has 0 saturated carbocycles. The highest BCUT2D eigenvalue weighted by molar-refractivity contribution is 7.92. The number of anilines is 1. The maximum atomic E-state index is 12.1. The van der Waals surface area contributed by atoms with Crippen molar-refractivity contribution in [1.82, 2.24) is 5.32 Å². The third-order valence-electron chi connectivity index (χ3n) is 3.29. The molecule has 1 amide bonds. The molecule has 118 valence electrons. The minimum atomic E-state index is -3.42. The largest absolute Gasteiger partial charge is 0.376 e. The van der Waals surface area contributed by atoms with Gasteiger partial charge in [0, 0.05) is 11.9 Å². The minimum Gasteiger partial charge on any atom is -0.376 e. The number of thiophene rings is 1. The van der Waals surface area contributed by atoms with Gasteiger partial charge in [-0.1, -0.05) is 13.3 Å². The monoisotopic (exact) mass is 332 g/mol. The van der Waals surface area contributed by atoms with Gasteiger partial charge in [0.25, 0.3) is 5.91 Å². The van der Waals surface area contributed by atoms with Crippen LogP contribution in [-0.4, -0.2) is 33.7 Å². The van der Waals surface area contributed by atoms with Crippen molar-refractivity contribution in [2.24, 2.45) is 0 Å². The predicted octanol–water partition coefficient (Wildman–Crippen LogP) is 1.72. The van der Waals surface area contributed by atoms with Crippen molar-refractivity contribution in [1.29, 1.82) is 0 Å². The van der Waals surface area contributed by atoms with E-state index in [4.69, 9.17) is 4.74 Å². The van der Waals surface area contributed by atoms with Crippen LogP contribution < -0.4 is 10.0 Å². The lowest BCUT2D eigenvalue weighted by Crippen LogP contribution is -2.23. The van der Waals surface area contributed by atoms with Crippen LogP contribution in [0.15, 0.2) is 0 Å². The minimum absolute atomic E-state index is 0.0652. The zero-order valence-corrected chi connectivity index (χ0v) is 13.8. The molecule has 2 rings (SSSR count). The molecule has 1 aromatic heterocycles. The van der Waals surface area contributed by atoms with Gasteiger partial charge in [-0.15, -0.1) is 11.3 Å². The zero-order chi connectivity index (χ0) is 15.5. The van der Waals surface area contributed by atoms with Gasteiger partial charge in [0.1, 0.15) is 5.00 Å². The van der Waals surface area contributed by atoms with Crippen molar-refractivity contribution >= 4 is 32.3 Å². The van der Waals surface area contributed by atoms with Gasteiger partial charge < -0.3 is 10.1 Å². The summed E-state index contributed by atoms with van der Waals surface area (Å²) in [6, 6.07) is 0. The maximum Gasteiger partial charge on any atom is 0.254 e. The van der Waals surface area contributed by atoms with Crippen molar-refractivity contribution in [3.8, 4) is 0 Å². The molecule has 1 aliphatic heterocycles. The van der Waals surface area contributed by atoms with Crippen molar-refractivity contribution in [2.45, 2.75) is 32.8 Å². The van der Waals surface area contributed by atoms with Crippen LogP contribution in [-0.2, 0) is 27.8 Å². The van der Waals surface area contributed by atoms with E-state index in [9.17, 15) is 13.2 Å². The molecular formula is C13H20N2O4S2. The third-order valence-corrected chi connectivity index (χ3v) is 5.88. The molecule has 8 heteroatoms. The standard InChI is InChI=1S/C13H20N2O4S2/c1-3-4-7-21(17,18)15-13-11(12(16)14-2)9-5-6-19-8-10(9)20-13/h15H,3-8H2,1-2H3,(H,14,16). The van der Waals surface area contributed by atoms with Gasteiger partial charge in [-0.05, 0) is 18.4 Å². The van der Waals surface area contributed by atoms with Gasteiger partial charge in [-0.3, -0.25) is 9.52 Å². The average molecular weight is 332 g/mol. The van der Waals surface area contributed by atoms with Crippen LogP contribution in [0.2, 0.25) is 0 Å². The average Bonchev–Trinajstić information content (AvgIpc) is 2.81. The molecule has 0 atom stereocenters. The van der Waals surface area contributed by atoms with E-state index in [1.54, 1.807) is 7.05 Å². The van der Waals surface area contributed by atoms with E-state index in [0.717, 1.165) is 16.9 Å². The number of hydrogen-bond donors (Lipinski definition) is 2. The van der Waals surface area contributed by atoms with Gasteiger partial charge in [0.05, 0.1) is 24.5 Å². The second kappa shape index (κ2) is 6.76. The van der Waals surface area contributed by atoms with Crippen LogP contribution >= 0.6 is 11.3 Å². The van der Waals surface area contributed by atoms with Crippen molar-refractivity contribution in [3.05, 3.63) is 16.0 Å². The zero-order valence-electron chi connectivity index (χ0n) is 12.2. The third kappa shape index (κ3) is 3.75. The number of carbonyl (C=O) groups excluding carboxylic acids is 1. The predicted molar refractivity (Wildman–Crippen MR) is 83.4 cm³/mol. The Balaban J connectivity index is 2.34. The van der Waals surface area contributed by atoms with Crippen molar-refractivity contribution in [2.75, 3.05) is 24.1 Å². The molecule has 0 aliphatic carbocycles. The summed E-state index contributed by atoms with van der Waals surface area (Å²) in [7, 11) is -1.88. The van der Waals surface area contributed by atoms with Crippen LogP contribution in [0.5, 0.6) is 0 Å². The molecule has 2 heterocycles. The molecule has 2 N–H and O–H groups in total. The quantitative estimate of drug-likeness (QED) is 0.831. The summed E-state index contributed by atoms with van der Waals surface area (Å²) < 4.78 is 32.1. The number of nitrogens with one attached hydrogen (secondary N) is 2. The highest BCUT2D eigenvalue weighted by Crippen LogP contribution is 2.37. The van der Waals surface area contributed by atoms with E-state index in [1.807, 2.05) is 6.92 Å². The van der Waals surface area contributed by atoms with E-state index in [0.29, 0.717) is 36.6 Å². The normalized spacial score (nSPS) is 14.6. The van der Waals surface area contributed by atoms with Crippen LogP contribution in [0.25, 0.3) is 0 Å². The number of unbranched alkanes of at least 4 members (excludes halogenated alkanes) is 1. The lowest BCUT2D eigenvalue weighted by atomic mass is 10.1. The van der Waals surface area contributed by atoms with Gasteiger partial charge in [0.2, 0.25) is 10.0 Å². The fraction of sp³-hybridized carbons (Fsp3) is 0.615. The first-order valence-corrected chi connectivity index (χ1v) is 9.40. The summed E-state index contributed by atoms with van der Waals surface area (Å²) in [5, 5.41) is 2.98. The Bertz CT molecular complexity index is 622. The first-order chi connectivity index (χ1) is 9.98. The summed E-state index contributed by atoms with van der Waals surface area (Å²) in [5.74, 6) is -0.196. The Kier molecular flexibility index (Phi) is 5.23. The van der Waals surface area contributed by atoms with Crippen LogP contribution in [0.1, 0.15) is 40.6 Å². The molecular weight excluding hydrogens is 312 g/mol. The molecule has 21 heavy (non-hydrogen) atoms. The molecule has 1 aromatic rings. The summed E-state index contributed by atoms with van der Waals surface area (Å²) in [6.07, 6.45) is 2.03. The molecule has 0 aromatic carbocycles. The van der Waals surface area contributed by atoms with Crippen molar-refractivity contribution in [3.63, 3.8) is 0 Å². The number of ether oxygens (including phenoxy) is 1. The maximum absolute atomic E-state index is 12.1. The first-order valence-electron chi connectivity index (χ1n) is 6.93. The highest BCUT2D eigenvalue weighted by atomic mass is 32.2. The van der Waals surface area contributed by atoms with E-state index in [2.05, 4.69) is 10.0 Å². The Morgan fingerprint density at radius 2 is 2.19 bits per heavy atom. The number of fused-ring (bicyclic) bond motifs is 1. The summed E-state index contributed by atoms with van der Waals surface area (Å²) in [6.45, 7) is 2.92. The smallest absolute Gasteiger partial charge is 0.254 e. The van der Waals surface area contributed by atoms with Gasteiger partial charge in [-0.25, -0.2) is 8.42 Å². The Morgan fingerprint density at radius 3 is 2.86 bits per heavy atom. The second-order valence-corrected chi connectivity index (χ2v) is 7.81. The highest BCUT2D eigenvalue weighted by Gasteiger charge is 2.27. The van der Waals surface area contributed by atoms with Crippen LogP contribution in [0.3, 0.4) is 0 Å². The van der Waals surface area contributed by atoms with Gasteiger partial charge in [-0.2, -0.15) is 0 Å². The lowest BCUT2D eigenvalue weighted by Gasteiger charge is -2.13. The molecule has 0 spiro atoms. The Hall–Kier alpha value is -1.12. The van der Waals surface area contributed by atoms with E-state index < -0.39 is 10.0 Å². The second-order valence-electron chi connectivity index (χ2n) is 4.86. The first kappa shape index (κ1) is 16.3. The van der Waals surface area contributed by atoms with Gasteiger partial charge in [0.15, 0.2) is 0 Å². The molecule has 0 radical (unpaired) electrons. The number of rotatable bonds is 6. The SMILES string of the molecule is CCCCS(=O)(=O)Nc1sc2c(c1C(=O)NC)CCOC2. The van der Waals surface area contributed by atoms with Gasteiger partial charge >= 0.3 is 0 Å². The van der Waals surface area contributed by atoms with Crippen LogP contribution in [0, 0.1) is 0 Å². The fourth-order valence-electron chi connectivity index (χ4n) is 2.20. The molecule has 1 aliphatic rings. The van der Waals surface area contributed by atoms with Crippen molar-refractivity contribution < 1.29 is 17.9 Å². The lowest BCUT2D eigenvalue weighted by molar-refractivity contribution is 0.0955. The molecule has 6 nitrogen and oxygen atoms in total. The molecule has 0 fully saturated rings. The summed E-state index contributed by atoms with van der Waals surface area (Å²) >= 11 is 1.29. The number of sulfonamides is 1. The molecule has 0 bridgehead atoms. The number of carbonyl (C=O) groups is 1. The van der Waals surface area contributed by atoms with Crippen LogP contribution in [0.4, 0.5) is 5.00 Å². The molecule has 0 unspecified atom stereocenters. The summed E-state index contributed by atoms with van der Waals surface area (Å²) in [5.41, 5.74) is 1.35. The topological polar surface area (TPSA) is 84.5 Å². The molecule has 0 saturated heterocycles.